The lowest BCUT2D eigenvalue weighted by Gasteiger charge is -2.38. The first-order valence-corrected chi connectivity index (χ1v) is 7.00. The standard InChI is InChI=1S/C14H20N2O4/c1-18-7-11-6-14(9-20-11)2-4-16(5-3-14)13(17)12-8-19-10-15-12/h8,10-11H,2-7,9H2,1H3/t11-/m0/s1. The molecule has 2 fully saturated rings. The fourth-order valence-corrected chi connectivity index (χ4v) is 3.20. The van der Waals surface area contributed by atoms with Gasteiger partial charge in [0, 0.05) is 20.2 Å². The molecule has 0 unspecified atom stereocenters. The number of hydrogen-bond acceptors (Lipinski definition) is 5. The molecule has 0 aromatic carbocycles. The highest BCUT2D eigenvalue weighted by Crippen LogP contribution is 2.42. The van der Waals surface area contributed by atoms with Crippen LogP contribution in [0.15, 0.2) is 17.1 Å². The predicted octanol–water partition coefficient (Wildman–Crippen LogP) is 1.33. The Bertz CT molecular complexity index is 452. The number of carbonyl (C=O) groups excluding carboxylic acids is 1. The Labute approximate surface area is 118 Å². The summed E-state index contributed by atoms with van der Waals surface area (Å²) in [4.78, 5) is 18.0. The Morgan fingerprint density at radius 3 is 3.00 bits per heavy atom. The van der Waals surface area contributed by atoms with Crippen LogP contribution in [0, 0.1) is 5.41 Å². The molecule has 2 aliphatic heterocycles. The summed E-state index contributed by atoms with van der Waals surface area (Å²) in [6.07, 6.45) is 5.90. The molecule has 6 nitrogen and oxygen atoms in total. The van der Waals surface area contributed by atoms with E-state index in [-0.39, 0.29) is 17.4 Å². The topological polar surface area (TPSA) is 64.8 Å². The summed E-state index contributed by atoms with van der Waals surface area (Å²) in [5.74, 6) is -0.0408. The minimum Gasteiger partial charge on any atom is -0.451 e. The fourth-order valence-electron chi connectivity index (χ4n) is 3.20. The van der Waals surface area contributed by atoms with Crippen LogP contribution >= 0.6 is 0 Å². The Kier molecular flexibility index (Phi) is 3.76. The number of amides is 1. The molecule has 0 saturated carbocycles. The highest BCUT2D eigenvalue weighted by Gasteiger charge is 2.43. The lowest BCUT2D eigenvalue weighted by molar-refractivity contribution is 0.0280. The van der Waals surface area contributed by atoms with Gasteiger partial charge in [-0.2, -0.15) is 0 Å². The number of oxazole rings is 1. The van der Waals surface area contributed by atoms with Crippen molar-refractivity contribution in [3.05, 3.63) is 18.4 Å². The van der Waals surface area contributed by atoms with Crippen molar-refractivity contribution in [2.24, 2.45) is 5.41 Å². The van der Waals surface area contributed by atoms with E-state index < -0.39 is 0 Å². The lowest BCUT2D eigenvalue weighted by Crippen LogP contribution is -2.43. The molecule has 1 aromatic heterocycles. The first kappa shape index (κ1) is 13.6. The summed E-state index contributed by atoms with van der Waals surface area (Å²) in [6.45, 7) is 2.96. The van der Waals surface area contributed by atoms with E-state index in [4.69, 9.17) is 13.9 Å². The molecule has 6 heteroatoms. The molecule has 1 amide bonds. The second kappa shape index (κ2) is 5.54. The van der Waals surface area contributed by atoms with Crippen LogP contribution in [0.1, 0.15) is 29.8 Å². The molecule has 2 saturated heterocycles. The van der Waals surface area contributed by atoms with E-state index in [9.17, 15) is 4.79 Å². The van der Waals surface area contributed by atoms with Crippen molar-refractivity contribution >= 4 is 5.91 Å². The molecule has 3 heterocycles. The molecule has 2 aliphatic rings. The monoisotopic (exact) mass is 280 g/mol. The van der Waals surface area contributed by atoms with E-state index in [0.717, 1.165) is 39.0 Å². The summed E-state index contributed by atoms with van der Waals surface area (Å²) < 4.78 is 15.8. The number of piperidine rings is 1. The maximum absolute atomic E-state index is 12.2. The van der Waals surface area contributed by atoms with E-state index in [0.29, 0.717) is 12.3 Å². The summed E-state index contributed by atoms with van der Waals surface area (Å²) in [7, 11) is 1.70. The maximum atomic E-state index is 12.2. The molecule has 0 aliphatic carbocycles. The molecule has 110 valence electrons. The fraction of sp³-hybridized carbons (Fsp3) is 0.714. The number of nitrogens with zero attached hydrogens (tertiary/aromatic N) is 2. The van der Waals surface area contributed by atoms with Crippen LogP contribution < -0.4 is 0 Å². The first-order valence-electron chi connectivity index (χ1n) is 7.00. The smallest absolute Gasteiger partial charge is 0.275 e. The Morgan fingerprint density at radius 1 is 1.55 bits per heavy atom. The maximum Gasteiger partial charge on any atom is 0.275 e. The third-order valence-corrected chi connectivity index (χ3v) is 4.40. The lowest BCUT2D eigenvalue weighted by atomic mass is 9.76. The van der Waals surface area contributed by atoms with Gasteiger partial charge in [-0.1, -0.05) is 0 Å². The van der Waals surface area contributed by atoms with Crippen molar-refractivity contribution in [1.29, 1.82) is 0 Å². The first-order chi connectivity index (χ1) is 9.72. The van der Waals surface area contributed by atoms with E-state index in [1.54, 1.807) is 7.11 Å². The van der Waals surface area contributed by atoms with Crippen molar-refractivity contribution in [3.8, 4) is 0 Å². The highest BCUT2D eigenvalue weighted by atomic mass is 16.5. The molecular weight excluding hydrogens is 260 g/mol. The van der Waals surface area contributed by atoms with Gasteiger partial charge in [0.2, 0.25) is 0 Å². The third kappa shape index (κ3) is 2.58. The number of rotatable bonds is 3. The summed E-state index contributed by atoms with van der Waals surface area (Å²) in [6, 6.07) is 0. The molecule has 20 heavy (non-hydrogen) atoms. The van der Waals surface area contributed by atoms with Crippen LogP contribution in [0.3, 0.4) is 0 Å². The highest BCUT2D eigenvalue weighted by molar-refractivity contribution is 5.91. The Hall–Kier alpha value is -1.40. The second-order valence-corrected chi connectivity index (χ2v) is 5.76. The van der Waals surface area contributed by atoms with Crippen molar-refractivity contribution in [1.82, 2.24) is 9.88 Å². The van der Waals surface area contributed by atoms with Gasteiger partial charge in [-0.25, -0.2) is 4.98 Å². The van der Waals surface area contributed by atoms with Crippen LogP contribution in [0.25, 0.3) is 0 Å². The second-order valence-electron chi connectivity index (χ2n) is 5.76. The largest absolute Gasteiger partial charge is 0.451 e. The average Bonchev–Trinajstić information content (AvgIpc) is 3.10. The van der Waals surface area contributed by atoms with Gasteiger partial charge in [-0.15, -0.1) is 0 Å². The molecule has 1 atom stereocenters. The van der Waals surface area contributed by atoms with Crippen molar-refractivity contribution in [2.75, 3.05) is 33.4 Å². The average molecular weight is 280 g/mol. The molecule has 1 aromatic rings. The van der Waals surface area contributed by atoms with E-state index in [1.807, 2.05) is 4.90 Å². The number of methoxy groups -OCH3 is 1. The molecule has 3 rings (SSSR count). The van der Waals surface area contributed by atoms with Crippen LogP contribution in [0.5, 0.6) is 0 Å². The summed E-state index contributed by atoms with van der Waals surface area (Å²) >= 11 is 0. The molecular formula is C14H20N2O4. The predicted molar refractivity (Wildman–Crippen MR) is 70.3 cm³/mol. The van der Waals surface area contributed by atoms with Crippen molar-refractivity contribution < 1.29 is 18.7 Å². The summed E-state index contributed by atoms with van der Waals surface area (Å²) in [5.41, 5.74) is 0.616. The van der Waals surface area contributed by atoms with Crippen LogP contribution in [0.4, 0.5) is 0 Å². The van der Waals surface area contributed by atoms with Crippen molar-refractivity contribution in [2.45, 2.75) is 25.4 Å². The number of likely N-dealkylation sites (tertiary alicyclic amines) is 1. The van der Waals surface area contributed by atoms with Gasteiger partial charge in [0.1, 0.15) is 6.26 Å². The molecule has 1 spiro atoms. The summed E-state index contributed by atoms with van der Waals surface area (Å²) in [5, 5.41) is 0. The molecule has 0 bridgehead atoms. The molecule has 0 radical (unpaired) electrons. The van der Waals surface area contributed by atoms with Crippen LogP contribution in [0.2, 0.25) is 0 Å². The van der Waals surface area contributed by atoms with Gasteiger partial charge >= 0.3 is 0 Å². The van der Waals surface area contributed by atoms with E-state index >= 15 is 0 Å². The van der Waals surface area contributed by atoms with Gasteiger partial charge in [-0.3, -0.25) is 4.79 Å². The van der Waals surface area contributed by atoms with E-state index in [2.05, 4.69) is 4.98 Å². The quantitative estimate of drug-likeness (QED) is 0.835. The zero-order chi connectivity index (χ0) is 14.0. The van der Waals surface area contributed by atoms with Gasteiger partial charge in [0.15, 0.2) is 12.1 Å². The number of aromatic nitrogens is 1. The van der Waals surface area contributed by atoms with Gasteiger partial charge in [0.05, 0.1) is 19.3 Å². The normalized spacial score (nSPS) is 25.2. The zero-order valence-electron chi connectivity index (χ0n) is 11.7. The van der Waals surface area contributed by atoms with E-state index in [1.165, 1.54) is 12.7 Å². The number of carbonyl (C=O) groups is 1. The Balaban J connectivity index is 1.56. The number of hydrogen-bond donors (Lipinski definition) is 0. The van der Waals surface area contributed by atoms with Gasteiger partial charge in [0.25, 0.3) is 5.91 Å². The number of ether oxygens (including phenoxy) is 2. The third-order valence-electron chi connectivity index (χ3n) is 4.40. The Morgan fingerprint density at radius 2 is 2.35 bits per heavy atom. The van der Waals surface area contributed by atoms with Crippen LogP contribution in [-0.2, 0) is 9.47 Å². The zero-order valence-corrected chi connectivity index (χ0v) is 11.7. The minimum absolute atomic E-state index is 0.0408. The van der Waals surface area contributed by atoms with Gasteiger partial charge < -0.3 is 18.8 Å². The minimum atomic E-state index is -0.0408. The van der Waals surface area contributed by atoms with Crippen molar-refractivity contribution in [3.63, 3.8) is 0 Å². The van der Waals surface area contributed by atoms with Crippen LogP contribution in [-0.4, -0.2) is 55.3 Å². The SMILES string of the molecule is COC[C@@H]1CC2(CCN(C(=O)c3cocn3)CC2)CO1. The van der Waals surface area contributed by atoms with Gasteiger partial charge in [-0.05, 0) is 24.7 Å². The molecule has 0 N–H and O–H groups in total.